The van der Waals surface area contributed by atoms with Gasteiger partial charge in [0.25, 0.3) is 0 Å². The first-order valence-electron chi connectivity index (χ1n) is 20.6. The molecule has 0 aliphatic carbocycles. The summed E-state index contributed by atoms with van der Waals surface area (Å²) in [6.45, 7) is 12.5. The minimum Gasteiger partial charge on any atom is -0.487 e. The molecule has 0 radical (unpaired) electrons. The van der Waals surface area contributed by atoms with E-state index >= 15 is 0 Å². The summed E-state index contributed by atoms with van der Waals surface area (Å²) in [6, 6.07) is 34.5. The zero-order valence-electron chi connectivity index (χ0n) is 36.1. The zero-order chi connectivity index (χ0) is 45.5. The third-order valence-electron chi connectivity index (χ3n) is 9.24. The molecule has 0 heterocycles. The van der Waals surface area contributed by atoms with Crippen LogP contribution in [-0.4, -0.2) is 103 Å². The van der Waals surface area contributed by atoms with E-state index in [0.717, 1.165) is 33.4 Å². The van der Waals surface area contributed by atoms with Crippen molar-refractivity contribution in [3.8, 4) is 50.6 Å². The molecule has 0 saturated carbocycles. The third-order valence-corrected chi connectivity index (χ3v) is 9.24. The van der Waals surface area contributed by atoms with Crippen molar-refractivity contribution < 1.29 is 61.8 Å². The van der Waals surface area contributed by atoms with Crippen LogP contribution < -0.4 is 14.2 Å². The lowest BCUT2D eigenvalue weighted by Crippen LogP contribution is -2.16. The van der Waals surface area contributed by atoms with Crippen molar-refractivity contribution in [2.45, 2.75) is 20.8 Å². The molecule has 0 bridgehead atoms. The van der Waals surface area contributed by atoms with E-state index in [9.17, 15) is 19.2 Å². The van der Waals surface area contributed by atoms with Gasteiger partial charge in [-0.25, -0.2) is 4.85 Å². The van der Waals surface area contributed by atoms with Crippen LogP contribution in [0.2, 0.25) is 0 Å². The molecular formula is C50H51NO13. The van der Waals surface area contributed by atoms with E-state index in [1.165, 1.54) is 20.8 Å². The zero-order valence-corrected chi connectivity index (χ0v) is 36.1. The van der Waals surface area contributed by atoms with Gasteiger partial charge in [0.2, 0.25) is 5.75 Å². The Morgan fingerprint density at radius 1 is 0.406 bits per heavy atom. The molecule has 5 rings (SSSR count). The maximum atomic E-state index is 14.1. The van der Waals surface area contributed by atoms with Gasteiger partial charge in [0.1, 0.15) is 39.6 Å². The van der Waals surface area contributed by atoms with Crippen LogP contribution >= 0.6 is 0 Å². The van der Waals surface area contributed by atoms with Crippen molar-refractivity contribution in [3.63, 3.8) is 0 Å². The van der Waals surface area contributed by atoms with E-state index in [4.69, 9.17) is 49.2 Å². The highest BCUT2D eigenvalue weighted by Gasteiger charge is 2.21. The van der Waals surface area contributed by atoms with E-state index in [0.29, 0.717) is 11.3 Å². The predicted octanol–water partition coefficient (Wildman–Crippen LogP) is 8.34. The van der Waals surface area contributed by atoms with Gasteiger partial charge < -0.3 is 42.6 Å². The number of ketones is 1. The highest BCUT2D eigenvalue weighted by molar-refractivity contribution is 6.10. The Hall–Kier alpha value is -7.05. The first kappa shape index (κ1) is 48.0. The molecule has 0 aromatic heterocycles. The maximum Gasteiger partial charge on any atom is 0.302 e. The summed E-state index contributed by atoms with van der Waals surface area (Å²) in [5.41, 5.74) is 7.45. The lowest BCUT2D eigenvalue weighted by atomic mass is 9.96. The molecule has 0 aliphatic rings. The summed E-state index contributed by atoms with van der Waals surface area (Å²) in [4.78, 5) is 50.9. The van der Waals surface area contributed by atoms with E-state index < -0.39 is 17.9 Å². The number of nitrogens with zero attached hydrogens (tertiary/aromatic N) is 1. The first-order valence-corrected chi connectivity index (χ1v) is 20.6. The van der Waals surface area contributed by atoms with Crippen LogP contribution in [0.5, 0.6) is 17.2 Å². The molecule has 0 saturated heterocycles. The van der Waals surface area contributed by atoms with Gasteiger partial charge in [-0.15, -0.1) is 0 Å². The molecule has 0 spiro atoms. The molecule has 0 unspecified atom stereocenters. The summed E-state index contributed by atoms with van der Waals surface area (Å²) in [6.07, 6.45) is 0. The molecule has 14 heteroatoms. The molecule has 14 nitrogen and oxygen atoms in total. The van der Waals surface area contributed by atoms with Gasteiger partial charge in [0.15, 0.2) is 23.0 Å². The topological polar surface area (TPSA) is 156 Å². The number of carbonyl (C=O) groups is 4. The van der Waals surface area contributed by atoms with Gasteiger partial charge in [0.05, 0.1) is 46.2 Å². The highest BCUT2D eigenvalue weighted by atomic mass is 16.6. The van der Waals surface area contributed by atoms with Gasteiger partial charge in [-0.05, 0) is 45.5 Å². The normalized spacial score (nSPS) is 10.7. The van der Waals surface area contributed by atoms with Gasteiger partial charge in [-0.2, -0.15) is 0 Å². The summed E-state index contributed by atoms with van der Waals surface area (Å²) in [7, 11) is 0. The first-order chi connectivity index (χ1) is 31.1. The molecule has 5 aromatic carbocycles. The van der Waals surface area contributed by atoms with Gasteiger partial charge >= 0.3 is 17.9 Å². The molecule has 334 valence electrons. The second-order valence-electron chi connectivity index (χ2n) is 13.9. The molecule has 0 aliphatic heterocycles. The number of hydrogen-bond acceptors (Lipinski definition) is 13. The Morgan fingerprint density at radius 3 is 1.06 bits per heavy atom. The average Bonchev–Trinajstić information content (AvgIpc) is 3.30. The molecule has 0 N–H and O–H groups in total. The van der Waals surface area contributed by atoms with Crippen molar-refractivity contribution in [3.05, 3.63) is 132 Å². The molecular weight excluding hydrogens is 823 g/mol. The van der Waals surface area contributed by atoms with Crippen molar-refractivity contribution in [2.75, 3.05) is 79.3 Å². The van der Waals surface area contributed by atoms with Crippen LogP contribution in [0.3, 0.4) is 0 Å². The maximum absolute atomic E-state index is 14.1. The lowest BCUT2D eigenvalue weighted by Gasteiger charge is -2.19. The number of hydrogen-bond donors (Lipinski definition) is 0. The molecule has 64 heavy (non-hydrogen) atoms. The van der Waals surface area contributed by atoms with Crippen LogP contribution in [0.1, 0.15) is 36.7 Å². The van der Waals surface area contributed by atoms with E-state index in [1.807, 2.05) is 48.5 Å². The Balaban J connectivity index is 1.31. The van der Waals surface area contributed by atoms with Gasteiger partial charge in [-0.3, -0.25) is 19.2 Å². The number of rotatable bonds is 26. The smallest absolute Gasteiger partial charge is 0.302 e. The van der Waals surface area contributed by atoms with Crippen molar-refractivity contribution >= 4 is 29.4 Å². The summed E-state index contributed by atoms with van der Waals surface area (Å²) in [5.74, 6) is -0.896. The van der Waals surface area contributed by atoms with Crippen LogP contribution in [0.15, 0.2) is 109 Å². The predicted molar refractivity (Wildman–Crippen MR) is 238 cm³/mol. The van der Waals surface area contributed by atoms with Gasteiger partial charge in [-0.1, -0.05) is 97.1 Å². The number of esters is 3. The van der Waals surface area contributed by atoms with Crippen molar-refractivity contribution in [1.29, 1.82) is 0 Å². The second-order valence-corrected chi connectivity index (χ2v) is 13.9. The summed E-state index contributed by atoms with van der Waals surface area (Å²) < 4.78 is 49.7. The quantitative estimate of drug-likeness (QED) is 0.0172. The van der Waals surface area contributed by atoms with E-state index in [-0.39, 0.29) is 108 Å². The Kier molecular flexibility index (Phi) is 19.3. The number of benzene rings is 5. The van der Waals surface area contributed by atoms with Crippen LogP contribution in [0.25, 0.3) is 38.2 Å². The largest absolute Gasteiger partial charge is 0.487 e. The lowest BCUT2D eigenvalue weighted by molar-refractivity contribution is -0.143. The fourth-order valence-corrected chi connectivity index (χ4v) is 6.15. The average molecular weight is 874 g/mol. The standard InChI is InChI=1S/C50H51NO13/c1-35(52)59-27-21-56-24-30-62-47-33-45(34-48(63-31-25-57-22-28-60-36(2)53)50(47)64-32-26-58-23-29-61-37(3)54)49(55)44-15-13-42(14-16-44)40-7-5-38(6-8-40)39-9-11-41(12-10-39)43-17-19-46(51-4)20-18-43/h5-20,33-34H,21-32H2,1-3H3. The second kappa shape index (κ2) is 25.8. The minimum absolute atomic E-state index is 0.0594. The Morgan fingerprint density at radius 2 is 0.719 bits per heavy atom. The molecule has 5 aromatic rings. The van der Waals surface area contributed by atoms with E-state index in [2.05, 4.69) is 41.2 Å². The Bertz CT molecular complexity index is 2270. The fourth-order valence-electron chi connectivity index (χ4n) is 6.15. The molecule has 0 atom stereocenters. The summed E-state index contributed by atoms with van der Waals surface area (Å²) in [5, 5.41) is 0. The highest BCUT2D eigenvalue weighted by Crippen LogP contribution is 2.40. The third kappa shape index (κ3) is 15.7. The molecule has 0 amide bonds. The number of carbonyl (C=O) groups excluding carboxylic acids is 4. The monoisotopic (exact) mass is 873 g/mol. The number of ether oxygens (including phenoxy) is 9. The van der Waals surface area contributed by atoms with Crippen LogP contribution in [-0.2, 0) is 42.8 Å². The Labute approximate surface area is 372 Å². The summed E-state index contributed by atoms with van der Waals surface area (Å²) >= 11 is 0. The van der Waals surface area contributed by atoms with Crippen LogP contribution in [0.4, 0.5) is 5.69 Å². The van der Waals surface area contributed by atoms with Gasteiger partial charge in [0, 0.05) is 31.9 Å². The molecule has 0 fully saturated rings. The minimum atomic E-state index is -0.411. The van der Waals surface area contributed by atoms with Crippen molar-refractivity contribution in [2.24, 2.45) is 0 Å². The van der Waals surface area contributed by atoms with E-state index in [1.54, 1.807) is 24.3 Å². The fraction of sp³-hybridized carbons (Fsp3) is 0.300. The SMILES string of the molecule is [C-]#[N+]c1ccc(-c2ccc(-c3ccc(-c4ccc(C(=O)c5cc(OCCOCCOC(C)=O)c(OCCOCCOC(C)=O)c(OCCOCCOC(C)=O)c5)cc4)cc3)cc2)cc1. The van der Waals surface area contributed by atoms with Crippen LogP contribution in [0, 0.1) is 6.57 Å². The van der Waals surface area contributed by atoms with Crippen molar-refractivity contribution in [1.82, 2.24) is 0 Å².